The Morgan fingerprint density at radius 2 is 1.87 bits per heavy atom. The van der Waals surface area contributed by atoms with E-state index < -0.39 is 5.60 Å². The second kappa shape index (κ2) is 9.09. The van der Waals surface area contributed by atoms with Crippen LogP contribution in [0.2, 0.25) is 5.02 Å². The second-order valence-electron chi connectivity index (χ2n) is 8.59. The summed E-state index contributed by atoms with van der Waals surface area (Å²) in [6.45, 7) is 8.48. The summed E-state index contributed by atoms with van der Waals surface area (Å²) in [5.74, 6) is 1.02. The van der Waals surface area contributed by atoms with Crippen LogP contribution in [0.3, 0.4) is 0 Å². The lowest BCUT2D eigenvalue weighted by Gasteiger charge is -2.31. The maximum atomic E-state index is 12.8. The normalized spacial score (nSPS) is 13.9. The van der Waals surface area contributed by atoms with Crippen molar-refractivity contribution in [3.63, 3.8) is 0 Å². The van der Waals surface area contributed by atoms with Gasteiger partial charge in [-0.15, -0.1) is 0 Å². The van der Waals surface area contributed by atoms with Crippen molar-refractivity contribution in [2.24, 2.45) is 5.92 Å². The number of anilines is 2. The van der Waals surface area contributed by atoms with Gasteiger partial charge in [0.15, 0.2) is 5.60 Å². The third-order valence-corrected chi connectivity index (χ3v) is 5.45. The zero-order chi connectivity index (χ0) is 21.9. The van der Waals surface area contributed by atoms with Crippen LogP contribution in [0.4, 0.5) is 11.4 Å². The average Bonchev–Trinajstić information content (AvgIpc) is 2.68. The van der Waals surface area contributed by atoms with Gasteiger partial charge in [-0.05, 0) is 80.6 Å². The number of benzene rings is 2. The van der Waals surface area contributed by atoms with Crippen LogP contribution in [-0.4, -0.2) is 24.0 Å². The van der Waals surface area contributed by atoms with Crippen LogP contribution in [-0.2, 0) is 16.0 Å². The van der Waals surface area contributed by atoms with Gasteiger partial charge in [0.25, 0.3) is 5.91 Å². The average molecular weight is 429 g/mol. The first-order valence-electron chi connectivity index (χ1n) is 10.3. The van der Waals surface area contributed by atoms with Crippen LogP contribution in [0.25, 0.3) is 0 Å². The second-order valence-corrected chi connectivity index (χ2v) is 9.03. The lowest BCUT2D eigenvalue weighted by molar-refractivity contribution is -0.128. The van der Waals surface area contributed by atoms with Crippen molar-refractivity contribution in [2.45, 2.75) is 52.6 Å². The fourth-order valence-electron chi connectivity index (χ4n) is 3.40. The van der Waals surface area contributed by atoms with Gasteiger partial charge in [0.2, 0.25) is 5.91 Å². The summed E-state index contributed by atoms with van der Waals surface area (Å²) >= 11 is 5.91. The molecule has 2 amide bonds. The molecular formula is C24H29ClN2O3. The lowest BCUT2D eigenvalue weighted by Crippen LogP contribution is -2.42. The van der Waals surface area contributed by atoms with Crippen molar-refractivity contribution in [1.82, 2.24) is 0 Å². The molecule has 2 aromatic rings. The molecule has 0 aromatic heterocycles. The Labute approximate surface area is 183 Å². The zero-order valence-electron chi connectivity index (χ0n) is 18.0. The van der Waals surface area contributed by atoms with Crippen molar-refractivity contribution >= 4 is 34.8 Å². The van der Waals surface area contributed by atoms with Gasteiger partial charge in [-0.1, -0.05) is 25.4 Å². The van der Waals surface area contributed by atoms with E-state index in [1.54, 1.807) is 38.1 Å². The highest BCUT2D eigenvalue weighted by Gasteiger charge is 2.31. The van der Waals surface area contributed by atoms with Gasteiger partial charge in [-0.3, -0.25) is 9.59 Å². The molecule has 0 atom stereocenters. The number of halogens is 1. The van der Waals surface area contributed by atoms with E-state index in [4.69, 9.17) is 16.3 Å². The van der Waals surface area contributed by atoms with Crippen LogP contribution in [0.15, 0.2) is 42.5 Å². The monoisotopic (exact) mass is 428 g/mol. The number of hydrogen-bond donors (Lipinski definition) is 1. The molecule has 0 saturated carbocycles. The number of fused-ring (bicyclic) bond motifs is 1. The van der Waals surface area contributed by atoms with Crippen LogP contribution in [0, 0.1) is 5.92 Å². The number of ether oxygens (including phenoxy) is 1. The molecule has 3 rings (SSSR count). The number of carbonyl (C=O) groups excluding carboxylic acids is 2. The topological polar surface area (TPSA) is 58.6 Å². The molecule has 160 valence electrons. The highest BCUT2D eigenvalue weighted by atomic mass is 35.5. The summed E-state index contributed by atoms with van der Waals surface area (Å²) < 4.78 is 5.87. The van der Waals surface area contributed by atoms with E-state index in [2.05, 4.69) is 19.2 Å². The van der Waals surface area contributed by atoms with Gasteiger partial charge in [-0.2, -0.15) is 0 Å². The van der Waals surface area contributed by atoms with Gasteiger partial charge in [-0.25, -0.2) is 0 Å². The Morgan fingerprint density at radius 3 is 2.53 bits per heavy atom. The maximum absolute atomic E-state index is 12.8. The molecule has 0 spiro atoms. The molecule has 1 aliphatic rings. The molecule has 0 saturated heterocycles. The number of amides is 2. The van der Waals surface area contributed by atoms with Crippen LogP contribution in [0.1, 0.15) is 46.1 Å². The van der Waals surface area contributed by atoms with Crippen LogP contribution in [0.5, 0.6) is 5.75 Å². The summed E-state index contributed by atoms with van der Waals surface area (Å²) in [5, 5.41) is 3.56. The summed E-state index contributed by atoms with van der Waals surface area (Å²) in [4.78, 5) is 27.1. The quantitative estimate of drug-likeness (QED) is 0.636. The molecule has 1 heterocycles. The first-order chi connectivity index (χ1) is 14.2. The van der Waals surface area contributed by atoms with E-state index >= 15 is 0 Å². The zero-order valence-corrected chi connectivity index (χ0v) is 18.8. The third-order valence-electron chi connectivity index (χ3n) is 5.20. The van der Waals surface area contributed by atoms with Crippen molar-refractivity contribution in [3.8, 4) is 5.75 Å². The number of nitrogens with one attached hydrogen (secondary N) is 1. The predicted molar refractivity (Wildman–Crippen MR) is 121 cm³/mol. The largest absolute Gasteiger partial charge is 0.478 e. The SMILES string of the molecule is CC(C)CCN1C(=O)CCc2cc(NC(=O)C(C)(C)Oc3ccc(Cl)cc3)ccc21. The highest BCUT2D eigenvalue weighted by molar-refractivity contribution is 6.30. The first kappa shape index (κ1) is 22.2. The minimum Gasteiger partial charge on any atom is -0.478 e. The van der Waals surface area contributed by atoms with E-state index in [0.717, 1.165) is 24.2 Å². The molecule has 0 radical (unpaired) electrons. The number of carbonyl (C=O) groups is 2. The summed E-state index contributed by atoms with van der Waals surface area (Å²) in [6.07, 6.45) is 2.13. The maximum Gasteiger partial charge on any atom is 0.267 e. The summed E-state index contributed by atoms with van der Waals surface area (Å²) in [5.41, 5.74) is 1.65. The minimum atomic E-state index is -1.07. The Morgan fingerprint density at radius 1 is 1.17 bits per heavy atom. The molecule has 0 unspecified atom stereocenters. The minimum absolute atomic E-state index is 0.164. The van der Waals surface area contributed by atoms with Crippen molar-refractivity contribution in [2.75, 3.05) is 16.8 Å². The molecule has 2 aromatic carbocycles. The molecule has 0 bridgehead atoms. The molecule has 6 heteroatoms. The predicted octanol–water partition coefficient (Wildman–Crippen LogP) is 5.46. The van der Waals surface area contributed by atoms with E-state index in [9.17, 15) is 9.59 Å². The van der Waals surface area contributed by atoms with Gasteiger partial charge in [0.05, 0.1) is 0 Å². The number of nitrogens with zero attached hydrogens (tertiary/aromatic N) is 1. The van der Waals surface area contributed by atoms with Crippen molar-refractivity contribution in [1.29, 1.82) is 0 Å². The van der Waals surface area contributed by atoms with Crippen molar-refractivity contribution < 1.29 is 14.3 Å². The molecular weight excluding hydrogens is 400 g/mol. The van der Waals surface area contributed by atoms with Crippen LogP contribution >= 0.6 is 11.6 Å². The van der Waals surface area contributed by atoms with Crippen LogP contribution < -0.4 is 15.0 Å². The molecule has 0 fully saturated rings. The Bertz CT molecular complexity index is 923. The third kappa shape index (κ3) is 5.33. The molecule has 0 aliphatic carbocycles. The van der Waals surface area contributed by atoms with E-state index in [-0.39, 0.29) is 11.8 Å². The highest BCUT2D eigenvalue weighted by Crippen LogP contribution is 2.31. The Kier molecular flexibility index (Phi) is 6.71. The first-order valence-corrected chi connectivity index (χ1v) is 10.7. The summed E-state index contributed by atoms with van der Waals surface area (Å²) in [7, 11) is 0. The van der Waals surface area contributed by atoms with Crippen molar-refractivity contribution in [3.05, 3.63) is 53.1 Å². The standard InChI is InChI=1S/C24H29ClN2O3/c1-16(2)13-14-27-21-11-8-19(15-17(21)5-12-22(27)28)26-23(29)24(3,4)30-20-9-6-18(25)7-10-20/h6-11,15-16H,5,12-14H2,1-4H3,(H,26,29). The smallest absolute Gasteiger partial charge is 0.267 e. The molecule has 1 N–H and O–H groups in total. The van der Waals surface area contributed by atoms with Gasteiger partial charge in [0, 0.05) is 29.4 Å². The van der Waals surface area contributed by atoms with Gasteiger partial charge >= 0.3 is 0 Å². The molecule has 30 heavy (non-hydrogen) atoms. The Hall–Kier alpha value is -2.53. The fraction of sp³-hybridized carbons (Fsp3) is 0.417. The molecule has 1 aliphatic heterocycles. The fourth-order valence-corrected chi connectivity index (χ4v) is 3.52. The molecule has 5 nitrogen and oxygen atoms in total. The van der Waals surface area contributed by atoms with Gasteiger partial charge < -0.3 is 15.0 Å². The van der Waals surface area contributed by atoms with Gasteiger partial charge in [0.1, 0.15) is 5.75 Å². The number of aryl methyl sites for hydroxylation is 1. The summed E-state index contributed by atoms with van der Waals surface area (Å²) in [6, 6.07) is 12.6. The number of rotatable bonds is 7. The van der Waals surface area contributed by atoms with E-state index in [1.165, 1.54) is 0 Å². The van der Waals surface area contributed by atoms with E-state index in [0.29, 0.717) is 35.2 Å². The number of hydrogen-bond acceptors (Lipinski definition) is 3. The Balaban J connectivity index is 1.71. The lowest BCUT2D eigenvalue weighted by atomic mass is 9.99. The van der Waals surface area contributed by atoms with E-state index in [1.807, 2.05) is 23.1 Å².